The second-order valence-corrected chi connectivity index (χ2v) is 3.49. The minimum absolute atomic E-state index is 0. The first-order valence-electron chi connectivity index (χ1n) is 1.55. The summed E-state index contributed by atoms with van der Waals surface area (Å²) in [6, 6.07) is 0. The van der Waals surface area contributed by atoms with E-state index in [9.17, 15) is 0 Å². The van der Waals surface area contributed by atoms with Gasteiger partial charge in [-0.3, -0.25) is 0 Å². The van der Waals surface area contributed by atoms with Gasteiger partial charge in [-0.05, 0) is 0 Å². The zero-order valence-corrected chi connectivity index (χ0v) is 11.0. The predicted molar refractivity (Wildman–Crippen MR) is 21.8 cm³/mol. The van der Waals surface area contributed by atoms with E-state index in [0.717, 1.165) is 0 Å². The van der Waals surface area contributed by atoms with E-state index in [1.807, 2.05) is 0 Å². The fourth-order valence-electron chi connectivity index (χ4n) is 0. The van der Waals surface area contributed by atoms with E-state index in [1.54, 1.807) is 0 Å². The average Bonchev–Trinajstić information content (AvgIpc) is 1.12. The Kier molecular flexibility index (Phi) is 10.7. The molecule has 11 heteroatoms. The first kappa shape index (κ1) is 18.0. The molecule has 0 saturated carbocycles. The van der Waals surface area contributed by atoms with Gasteiger partial charge in [0.15, 0.2) is 0 Å². The molecule has 0 rings (SSSR count). The molecule has 0 aromatic heterocycles. The van der Waals surface area contributed by atoms with Gasteiger partial charge in [0.2, 0.25) is 0 Å². The maximum Gasteiger partial charge on any atom is 2.00 e. The van der Waals surface area contributed by atoms with Crippen LogP contribution in [0.5, 0.6) is 0 Å². The molecule has 0 atom stereocenters. The molecule has 0 aliphatic rings. The summed E-state index contributed by atoms with van der Waals surface area (Å²) in [6.45, 7) is 0. The van der Waals surface area contributed by atoms with Crippen LogP contribution in [0, 0.1) is 0 Å². The minimum atomic E-state index is -5.25. The Balaban J connectivity index is -0.000000107. The zero-order chi connectivity index (χ0) is 9.00. The fourth-order valence-corrected chi connectivity index (χ4v) is 0. The molecule has 0 bridgehead atoms. The monoisotopic (exact) mass is 420 g/mol. The number of rotatable bonds is 0. The molecule has 0 aliphatic carbocycles. The summed E-state index contributed by atoms with van der Waals surface area (Å²) >= 11 is -5.25. The van der Waals surface area contributed by atoms with Crippen molar-refractivity contribution in [2.24, 2.45) is 0 Å². The van der Waals surface area contributed by atoms with Gasteiger partial charge in [-0.25, -0.2) is 0 Å². The Labute approximate surface area is 84.8 Å². The fraction of sp³-hybridized carbons (Fsp3) is 0. The summed E-state index contributed by atoms with van der Waals surface area (Å²) in [5.41, 5.74) is 0. The van der Waals surface area contributed by atoms with Crippen LogP contribution >= 0.6 is 0 Å². The van der Waals surface area contributed by atoms with Crippen LogP contribution in [0.4, 0.5) is 0 Å². The molecular formula is H4CrO8PbSi. The molecule has 0 spiro atoms. The third-order valence-electron chi connectivity index (χ3n) is 0. The summed E-state index contributed by atoms with van der Waals surface area (Å²) in [6.07, 6.45) is 0. The van der Waals surface area contributed by atoms with Crippen molar-refractivity contribution in [3.63, 3.8) is 0 Å². The smallest absolute Gasteiger partial charge is 2.00 e. The number of hydrogen-bond donors (Lipinski definition) is 4. The van der Waals surface area contributed by atoms with Gasteiger partial charge < -0.3 is 19.2 Å². The summed E-state index contributed by atoms with van der Waals surface area (Å²) in [5.74, 6) is 0. The van der Waals surface area contributed by atoms with E-state index < -0.39 is 22.7 Å². The van der Waals surface area contributed by atoms with E-state index in [-0.39, 0.29) is 27.3 Å². The molecule has 8 nitrogen and oxygen atoms in total. The first-order valence-corrected chi connectivity index (χ1v) is 5.45. The van der Waals surface area contributed by atoms with Gasteiger partial charge in [-0.15, -0.1) is 0 Å². The van der Waals surface area contributed by atoms with Crippen molar-refractivity contribution >= 4 is 36.3 Å². The van der Waals surface area contributed by atoms with Gasteiger partial charge >= 0.3 is 56.8 Å². The van der Waals surface area contributed by atoms with Gasteiger partial charge in [-0.1, -0.05) is 0 Å². The predicted octanol–water partition coefficient (Wildman–Crippen LogP) is -5.61. The second kappa shape index (κ2) is 6.54. The summed E-state index contributed by atoms with van der Waals surface area (Å²) in [4.78, 5) is 31.8. The van der Waals surface area contributed by atoms with Crippen LogP contribution in [0.1, 0.15) is 0 Å². The molecular weight excluding hydrogens is 415 g/mol. The van der Waals surface area contributed by atoms with Crippen LogP contribution in [-0.4, -0.2) is 54.3 Å². The molecule has 0 aromatic rings. The molecule has 0 saturated heterocycles. The molecule has 0 heterocycles. The molecule has 0 fully saturated rings. The molecule has 11 heavy (non-hydrogen) atoms. The molecule has 0 aliphatic heterocycles. The molecule has 2 radical (unpaired) electrons. The Morgan fingerprint density at radius 1 is 1.09 bits per heavy atom. The minimum Gasteiger partial charge on any atom is 2.00 e. The second-order valence-electron chi connectivity index (χ2n) is 0.996. The summed E-state index contributed by atoms with van der Waals surface area (Å²) in [5, 5.41) is 0. The Bertz CT molecular complexity index is 149. The van der Waals surface area contributed by atoms with Crippen LogP contribution in [0.3, 0.4) is 0 Å². The molecule has 66 valence electrons. The zero-order valence-electron chi connectivity index (χ0n) is 4.83. The van der Waals surface area contributed by atoms with Crippen molar-refractivity contribution < 1.29 is 48.7 Å². The van der Waals surface area contributed by atoms with Crippen LogP contribution in [0.2, 0.25) is 0 Å². The Morgan fingerprint density at radius 3 is 1.09 bits per heavy atom. The maximum atomic E-state index is 8.82. The van der Waals surface area contributed by atoms with Crippen LogP contribution < -0.4 is 9.59 Å². The van der Waals surface area contributed by atoms with E-state index in [0.29, 0.717) is 0 Å². The van der Waals surface area contributed by atoms with Gasteiger partial charge in [0.1, 0.15) is 9.05 Å². The molecule has 4 N–H and O–H groups in total. The SMILES string of the molecule is [O-][Si]([O-])(O)O.[O]=[Cr](=[O])([OH])[OH].[Pb+2]. The topological polar surface area (TPSA) is 161 Å². The maximum absolute atomic E-state index is 8.82. The Hall–Kier alpha value is 1.03. The van der Waals surface area contributed by atoms with Crippen molar-refractivity contribution in [3.05, 3.63) is 0 Å². The van der Waals surface area contributed by atoms with Crippen molar-refractivity contribution in [2.75, 3.05) is 0 Å². The average molecular weight is 419 g/mol. The number of hydrogen-bond acceptors (Lipinski definition) is 6. The van der Waals surface area contributed by atoms with E-state index in [2.05, 4.69) is 0 Å². The van der Waals surface area contributed by atoms with Crippen LogP contribution in [0.25, 0.3) is 0 Å². The van der Waals surface area contributed by atoms with Crippen molar-refractivity contribution in [2.45, 2.75) is 0 Å². The van der Waals surface area contributed by atoms with Gasteiger partial charge in [0, 0.05) is 0 Å². The largest absolute Gasteiger partial charge is 2.00 e. The molecule has 0 unspecified atom stereocenters. The van der Waals surface area contributed by atoms with E-state index >= 15 is 0 Å². The van der Waals surface area contributed by atoms with Crippen molar-refractivity contribution in [1.29, 1.82) is 0 Å². The molecule has 0 amide bonds. The van der Waals surface area contributed by atoms with Crippen LogP contribution in [0.15, 0.2) is 0 Å². The van der Waals surface area contributed by atoms with Gasteiger partial charge in [0.25, 0.3) is 0 Å². The first-order chi connectivity index (χ1) is 4.00. The standard InChI is InChI=1S/Cr.H2O4Si.2H2O.2O.Pb/c;1-5(2,3)4;;;;;/h;1-2H;2*1H2;;;/q+2;-2;;;;;+2/p-2. The van der Waals surface area contributed by atoms with Crippen molar-refractivity contribution in [3.8, 4) is 0 Å². The third kappa shape index (κ3) is 846. The van der Waals surface area contributed by atoms with Crippen molar-refractivity contribution in [1.82, 2.24) is 0 Å². The van der Waals surface area contributed by atoms with E-state index in [1.165, 1.54) is 0 Å². The quantitative estimate of drug-likeness (QED) is 0.283. The van der Waals surface area contributed by atoms with Gasteiger partial charge in [0.05, 0.1) is 0 Å². The van der Waals surface area contributed by atoms with Gasteiger partial charge in [-0.2, -0.15) is 0 Å². The van der Waals surface area contributed by atoms with E-state index in [4.69, 9.17) is 35.1 Å². The third-order valence-corrected chi connectivity index (χ3v) is 0. The summed E-state index contributed by atoms with van der Waals surface area (Å²) < 4.78 is 31.9. The van der Waals surface area contributed by atoms with Crippen LogP contribution in [-0.2, 0) is 21.2 Å². The molecule has 0 aromatic carbocycles. The normalized spacial score (nSPS) is 10.7. The summed E-state index contributed by atoms with van der Waals surface area (Å²) in [7, 11) is -5.11. The Morgan fingerprint density at radius 2 is 1.09 bits per heavy atom.